The molecule has 34 heavy (non-hydrogen) atoms. The van der Waals surface area contributed by atoms with E-state index in [1.54, 1.807) is 71.6 Å². The van der Waals surface area contributed by atoms with Crippen LogP contribution < -0.4 is 24.0 Å². The van der Waals surface area contributed by atoms with Gasteiger partial charge in [0.25, 0.3) is 0 Å². The number of hydrogen-bond donors (Lipinski definition) is 0. The van der Waals surface area contributed by atoms with Crippen LogP contribution in [-0.4, -0.2) is 6.73 Å². The Morgan fingerprint density at radius 1 is 0.765 bits per heavy atom. The topological polar surface area (TPSA) is 48.0 Å². The summed E-state index contributed by atoms with van der Waals surface area (Å²) >= 11 is 0. The Balaban J connectivity index is 1.49. The van der Waals surface area contributed by atoms with Crippen LogP contribution in [0.3, 0.4) is 0 Å². The van der Waals surface area contributed by atoms with E-state index >= 15 is 0 Å². The van der Waals surface area contributed by atoms with Crippen LogP contribution in [0.25, 0.3) is 0 Å². The Kier molecular flexibility index (Phi) is 5.95. The van der Waals surface area contributed by atoms with Crippen molar-refractivity contribution < 1.29 is 27.1 Å². The fraction of sp³-hybridized carbons (Fsp3) is 0.0769. The summed E-state index contributed by atoms with van der Waals surface area (Å²) in [6, 6.07) is 26.3. The molecule has 172 valence electrons. The lowest BCUT2D eigenvalue weighted by atomic mass is 10.1. The second kappa shape index (κ2) is 9.20. The van der Waals surface area contributed by atoms with Crippen molar-refractivity contribution in [3.8, 4) is 17.2 Å². The van der Waals surface area contributed by atoms with Gasteiger partial charge in [0.15, 0.2) is 18.4 Å². The first-order valence-corrected chi connectivity index (χ1v) is 12.1. The summed E-state index contributed by atoms with van der Waals surface area (Å²) in [7, 11) is -3.85. The molecule has 5 nitrogen and oxygen atoms in total. The van der Waals surface area contributed by atoms with Gasteiger partial charge in [-0.3, -0.25) is 0 Å². The molecular formula is C26H20F2NO4P. The van der Waals surface area contributed by atoms with E-state index in [9.17, 15) is 13.3 Å². The highest BCUT2D eigenvalue weighted by Crippen LogP contribution is 2.48. The number of halogens is 2. The minimum atomic E-state index is -3.85. The number of anilines is 1. The summed E-state index contributed by atoms with van der Waals surface area (Å²) in [6.07, 6.45) is 0. The van der Waals surface area contributed by atoms with Crippen molar-refractivity contribution in [1.82, 2.24) is 0 Å². The number of rotatable bonds is 6. The first-order valence-electron chi connectivity index (χ1n) is 10.6. The van der Waals surface area contributed by atoms with Gasteiger partial charge in [0.2, 0.25) is 0 Å². The van der Waals surface area contributed by atoms with E-state index in [1.807, 2.05) is 12.1 Å². The molecule has 0 aromatic heterocycles. The molecule has 0 saturated heterocycles. The van der Waals surface area contributed by atoms with E-state index in [4.69, 9.17) is 13.8 Å². The van der Waals surface area contributed by atoms with Crippen LogP contribution in [-0.2, 0) is 11.1 Å². The Morgan fingerprint density at radius 2 is 1.41 bits per heavy atom. The predicted octanol–water partition coefficient (Wildman–Crippen LogP) is 6.30. The number of ether oxygens (including phenoxy) is 1. The van der Waals surface area contributed by atoms with E-state index in [0.717, 1.165) is 12.1 Å². The minimum absolute atomic E-state index is 0.163. The summed E-state index contributed by atoms with van der Waals surface area (Å²) in [5.41, 5.74) is 1.18. The Labute approximate surface area is 195 Å². The van der Waals surface area contributed by atoms with E-state index in [-0.39, 0.29) is 6.73 Å². The molecule has 0 N–H and O–H groups in total. The number of para-hydroxylation sites is 2. The van der Waals surface area contributed by atoms with Gasteiger partial charge in [-0.25, -0.2) is 13.3 Å². The Hall–Kier alpha value is -3.83. The smallest absolute Gasteiger partial charge is 0.462 e. The number of hydrogen-bond acceptors (Lipinski definition) is 5. The molecule has 5 rings (SSSR count). The normalized spacial score (nSPS) is 13.1. The molecule has 1 aliphatic rings. The highest BCUT2D eigenvalue weighted by molar-refractivity contribution is 7.63. The predicted molar refractivity (Wildman–Crippen MR) is 126 cm³/mol. The molecule has 0 spiro atoms. The lowest BCUT2D eigenvalue weighted by molar-refractivity contribution is 0.289. The molecule has 1 aliphatic heterocycles. The van der Waals surface area contributed by atoms with Crippen molar-refractivity contribution in [1.29, 1.82) is 0 Å². The molecule has 4 aromatic carbocycles. The van der Waals surface area contributed by atoms with Crippen LogP contribution in [0, 0.1) is 11.6 Å². The van der Waals surface area contributed by atoms with Crippen molar-refractivity contribution in [2.75, 3.05) is 11.6 Å². The van der Waals surface area contributed by atoms with Crippen molar-refractivity contribution in [3.63, 3.8) is 0 Å². The van der Waals surface area contributed by atoms with Crippen molar-refractivity contribution in [2.45, 2.75) is 6.54 Å². The van der Waals surface area contributed by atoms with E-state index < -0.39 is 19.2 Å². The van der Waals surface area contributed by atoms with Gasteiger partial charge in [0.1, 0.15) is 17.2 Å². The summed E-state index contributed by atoms with van der Waals surface area (Å²) in [4.78, 5) is 1.75. The molecule has 0 unspecified atom stereocenters. The zero-order chi connectivity index (χ0) is 23.5. The maximum absolute atomic E-state index is 14.1. The molecule has 0 radical (unpaired) electrons. The molecule has 8 heteroatoms. The van der Waals surface area contributed by atoms with E-state index in [1.165, 1.54) is 6.07 Å². The van der Waals surface area contributed by atoms with Crippen LogP contribution >= 0.6 is 7.60 Å². The Morgan fingerprint density at radius 3 is 2.03 bits per heavy atom. The van der Waals surface area contributed by atoms with Crippen LogP contribution in [0.4, 0.5) is 14.5 Å². The van der Waals surface area contributed by atoms with Crippen LogP contribution in [0.5, 0.6) is 17.2 Å². The third kappa shape index (κ3) is 4.61. The lowest BCUT2D eigenvalue weighted by Crippen LogP contribution is -2.32. The number of nitrogens with zero attached hydrogens (tertiary/aromatic N) is 1. The highest BCUT2D eigenvalue weighted by atomic mass is 31.2. The molecule has 0 fully saturated rings. The molecular weight excluding hydrogens is 459 g/mol. The van der Waals surface area contributed by atoms with Gasteiger partial charge >= 0.3 is 7.60 Å². The summed E-state index contributed by atoms with van der Waals surface area (Å²) in [6.45, 7) is 0.501. The zero-order valence-corrected chi connectivity index (χ0v) is 18.8. The maximum Gasteiger partial charge on any atom is 0.462 e. The van der Waals surface area contributed by atoms with Gasteiger partial charge in [0.05, 0.1) is 5.30 Å². The molecule has 0 amide bonds. The summed E-state index contributed by atoms with van der Waals surface area (Å²) < 4.78 is 58.8. The van der Waals surface area contributed by atoms with Gasteiger partial charge in [-0.15, -0.1) is 0 Å². The van der Waals surface area contributed by atoms with Crippen LogP contribution in [0.2, 0.25) is 0 Å². The molecule has 1 heterocycles. The molecule has 0 aliphatic carbocycles. The fourth-order valence-corrected chi connectivity index (χ4v) is 5.23. The fourth-order valence-electron chi connectivity index (χ4n) is 3.61. The molecule has 0 saturated carbocycles. The third-order valence-corrected chi connectivity index (χ3v) is 7.12. The van der Waals surface area contributed by atoms with Crippen molar-refractivity contribution in [2.24, 2.45) is 0 Å². The first kappa shape index (κ1) is 22.0. The SMILES string of the molecule is O=P(Oc1ccccc1)(Oc1ccccc1)c1ccc2c(c1)CN(c1ccc(F)c(F)c1)CO2. The maximum atomic E-state index is 14.1. The first-order chi connectivity index (χ1) is 16.5. The lowest BCUT2D eigenvalue weighted by Gasteiger charge is -2.31. The van der Waals surface area contributed by atoms with Crippen molar-refractivity contribution in [3.05, 3.63) is 114 Å². The summed E-state index contributed by atoms with van der Waals surface area (Å²) in [5.74, 6) is -0.442. The molecule has 0 bridgehead atoms. The molecule has 0 atom stereocenters. The standard InChI is InChI=1S/C26H20F2NO4P/c27-24-13-11-20(16-25(24)28)29-17-19-15-23(12-14-26(19)31-18-29)34(30,32-21-7-3-1-4-8-21)33-22-9-5-2-6-10-22/h1-16H,17-18H2. The average Bonchev–Trinajstić information content (AvgIpc) is 2.86. The quantitative estimate of drug-likeness (QED) is 0.304. The second-order valence-electron chi connectivity index (χ2n) is 7.67. The van der Waals surface area contributed by atoms with Crippen molar-refractivity contribution >= 4 is 18.6 Å². The number of benzene rings is 4. The third-order valence-electron chi connectivity index (χ3n) is 5.30. The summed E-state index contributed by atoms with van der Waals surface area (Å²) in [5, 5.41) is 0.342. The average molecular weight is 479 g/mol. The zero-order valence-electron chi connectivity index (χ0n) is 17.9. The van der Waals surface area contributed by atoms with Gasteiger partial charge < -0.3 is 18.7 Å². The Bertz CT molecular complexity index is 1310. The van der Waals surface area contributed by atoms with Crippen LogP contribution in [0.15, 0.2) is 97.1 Å². The van der Waals surface area contributed by atoms with Crippen LogP contribution in [0.1, 0.15) is 5.56 Å². The van der Waals surface area contributed by atoms with Gasteiger partial charge in [-0.1, -0.05) is 36.4 Å². The number of fused-ring (bicyclic) bond motifs is 1. The minimum Gasteiger partial charge on any atom is -0.473 e. The molecule has 4 aromatic rings. The van der Waals surface area contributed by atoms with Gasteiger partial charge in [0, 0.05) is 23.9 Å². The van der Waals surface area contributed by atoms with E-state index in [0.29, 0.717) is 40.3 Å². The van der Waals surface area contributed by atoms with E-state index in [2.05, 4.69) is 0 Å². The van der Waals surface area contributed by atoms with Gasteiger partial charge in [-0.05, 0) is 54.6 Å². The highest BCUT2D eigenvalue weighted by Gasteiger charge is 2.33. The van der Waals surface area contributed by atoms with Gasteiger partial charge in [-0.2, -0.15) is 0 Å². The second-order valence-corrected chi connectivity index (χ2v) is 9.54. The largest absolute Gasteiger partial charge is 0.473 e. The monoisotopic (exact) mass is 479 g/mol.